The highest BCUT2D eigenvalue weighted by Gasteiger charge is 2.33. The second-order valence-corrected chi connectivity index (χ2v) is 12.3. The highest BCUT2D eigenvalue weighted by Crippen LogP contribution is 2.44. The molecule has 1 saturated carbocycles. The number of ether oxygens (including phenoxy) is 1. The molecule has 1 atom stereocenters. The van der Waals surface area contributed by atoms with E-state index in [0.29, 0.717) is 54.9 Å². The monoisotopic (exact) mass is 542 g/mol. The summed E-state index contributed by atoms with van der Waals surface area (Å²) < 4.78 is 22.2. The van der Waals surface area contributed by atoms with Gasteiger partial charge in [-0.3, -0.25) is 9.20 Å². The molecule has 2 saturated heterocycles. The molecular formula is C29H39FN4O5. The summed E-state index contributed by atoms with van der Waals surface area (Å²) in [6.45, 7) is 11.0. The van der Waals surface area contributed by atoms with Crippen LogP contribution in [0.1, 0.15) is 80.3 Å². The zero-order valence-electron chi connectivity index (χ0n) is 23.3. The van der Waals surface area contributed by atoms with Crippen LogP contribution >= 0.6 is 0 Å². The Hall–Kier alpha value is -3.14. The largest absolute Gasteiger partial charge is 0.477 e. The number of pyridine rings is 2. The summed E-state index contributed by atoms with van der Waals surface area (Å²) in [5.41, 5.74) is 1.15. The van der Waals surface area contributed by atoms with Crippen LogP contribution in [0.3, 0.4) is 0 Å². The molecule has 1 aliphatic carbocycles. The van der Waals surface area contributed by atoms with Crippen molar-refractivity contribution in [3.05, 3.63) is 45.1 Å². The van der Waals surface area contributed by atoms with Gasteiger partial charge in [0.25, 0.3) is 5.56 Å². The number of piperidine rings is 1. The molecule has 1 unspecified atom stereocenters. The van der Waals surface area contributed by atoms with E-state index in [-0.39, 0.29) is 17.6 Å². The molecule has 2 aromatic heterocycles. The second kappa shape index (κ2) is 10.4. The smallest absolute Gasteiger partial charge is 0.410 e. The van der Waals surface area contributed by atoms with Crippen LogP contribution in [0.25, 0.3) is 5.52 Å². The number of hydrogen-bond acceptors (Lipinski definition) is 6. The first-order valence-electron chi connectivity index (χ1n) is 14.0. The molecule has 9 nitrogen and oxygen atoms in total. The maximum Gasteiger partial charge on any atom is 0.410 e. The van der Waals surface area contributed by atoms with Gasteiger partial charge < -0.3 is 25.0 Å². The predicted octanol–water partition coefficient (Wildman–Crippen LogP) is 4.14. The Morgan fingerprint density at radius 1 is 1.13 bits per heavy atom. The molecule has 2 aliphatic heterocycles. The highest BCUT2D eigenvalue weighted by molar-refractivity contribution is 5.89. The third kappa shape index (κ3) is 5.76. The van der Waals surface area contributed by atoms with Gasteiger partial charge in [-0.05, 0) is 95.4 Å². The van der Waals surface area contributed by atoms with Crippen molar-refractivity contribution in [2.75, 3.05) is 37.6 Å². The molecule has 3 aliphatic rings. The number of nitrogens with zero attached hydrogens (tertiary/aromatic N) is 3. The molecule has 0 aromatic carbocycles. The number of aromatic nitrogens is 1. The number of carbonyl (C=O) groups is 2. The number of carbonyl (C=O) groups excluding carboxylic acids is 1. The maximum atomic E-state index is 15.5. The van der Waals surface area contributed by atoms with E-state index in [4.69, 9.17) is 4.74 Å². The number of rotatable bonds is 6. The number of fused-ring (bicyclic) bond motifs is 1. The van der Waals surface area contributed by atoms with Gasteiger partial charge in [0.1, 0.15) is 11.2 Å². The molecule has 39 heavy (non-hydrogen) atoms. The summed E-state index contributed by atoms with van der Waals surface area (Å²) in [6.07, 6.45) is 5.44. The van der Waals surface area contributed by atoms with E-state index in [0.717, 1.165) is 44.2 Å². The topological polar surface area (TPSA) is 104 Å². The van der Waals surface area contributed by atoms with Crippen LogP contribution in [0.15, 0.2) is 17.1 Å². The van der Waals surface area contributed by atoms with Gasteiger partial charge in [-0.1, -0.05) is 0 Å². The summed E-state index contributed by atoms with van der Waals surface area (Å²) in [6, 6.07) is 1.82. The molecule has 2 aromatic rings. The first kappa shape index (κ1) is 27.4. The molecule has 5 rings (SSSR count). The summed E-state index contributed by atoms with van der Waals surface area (Å²) in [7, 11) is 0. The van der Waals surface area contributed by atoms with Crippen LogP contribution < -0.4 is 15.8 Å². The van der Waals surface area contributed by atoms with Crippen molar-refractivity contribution < 1.29 is 23.8 Å². The van der Waals surface area contributed by atoms with Gasteiger partial charge in [-0.2, -0.15) is 0 Å². The first-order chi connectivity index (χ1) is 18.4. The maximum absolute atomic E-state index is 15.5. The minimum Gasteiger partial charge on any atom is -0.477 e. The van der Waals surface area contributed by atoms with Crippen molar-refractivity contribution in [1.82, 2.24) is 14.6 Å². The number of nitrogens with one attached hydrogen (secondary N) is 1. The number of carboxylic acids is 1. The Morgan fingerprint density at radius 2 is 1.82 bits per heavy atom. The summed E-state index contributed by atoms with van der Waals surface area (Å²) >= 11 is 0. The normalized spacial score (nSPS) is 20.6. The third-order valence-corrected chi connectivity index (χ3v) is 8.13. The molecule has 3 fully saturated rings. The fourth-order valence-corrected chi connectivity index (χ4v) is 6.02. The van der Waals surface area contributed by atoms with Crippen LogP contribution in [0.2, 0.25) is 0 Å². The van der Waals surface area contributed by atoms with Crippen LogP contribution in [-0.4, -0.2) is 70.8 Å². The van der Waals surface area contributed by atoms with E-state index in [1.807, 2.05) is 27.7 Å². The van der Waals surface area contributed by atoms with Crippen molar-refractivity contribution in [3.8, 4) is 0 Å². The Kier molecular flexibility index (Phi) is 7.35. The lowest BCUT2D eigenvalue weighted by Gasteiger charge is -2.34. The van der Waals surface area contributed by atoms with Crippen LogP contribution in [0.4, 0.5) is 14.9 Å². The Balaban J connectivity index is 1.25. The van der Waals surface area contributed by atoms with E-state index in [1.165, 1.54) is 16.7 Å². The third-order valence-electron chi connectivity index (χ3n) is 8.13. The molecule has 0 radical (unpaired) electrons. The van der Waals surface area contributed by atoms with Gasteiger partial charge in [0.15, 0.2) is 5.82 Å². The molecule has 212 valence electrons. The number of hydrogen-bond donors (Lipinski definition) is 2. The lowest BCUT2D eigenvalue weighted by molar-refractivity contribution is 0.0197. The van der Waals surface area contributed by atoms with Crippen molar-refractivity contribution >= 4 is 23.3 Å². The van der Waals surface area contributed by atoms with E-state index >= 15 is 4.39 Å². The summed E-state index contributed by atoms with van der Waals surface area (Å²) in [5.74, 6) is -1.24. The quantitative estimate of drug-likeness (QED) is 0.566. The van der Waals surface area contributed by atoms with Gasteiger partial charge >= 0.3 is 12.1 Å². The molecule has 2 N–H and O–H groups in total. The van der Waals surface area contributed by atoms with Crippen LogP contribution in [0, 0.1) is 18.7 Å². The number of carboxylic acid groups (broad SMARTS) is 1. The first-order valence-corrected chi connectivity index (χ1v) is 14.0. The minimum atomic E-state index is -1.29. The summed E-state index contributed by atoms with van der Waals surface area (Å²) in [4.78, 5) is 40.7. The van der Waals surface area contributed by atoms with Crippen molar-refractivity contribution in [2.45, 2.75) is 77.4 Å². The minimum absolute atomic E-state index is 0.202. The summed E-state index contributed by atoms with van der Waals surface area (Å²) in [5, 5.41) is 13.2. The van der Waals surface area contributed by atoms with E-state index in [1.54, 1.807) is 4.90 Å². The zero-order valence-corrected chi connectivity index (χ0v) is 23.3. The fourth-order valence-electron chi connectivity index (χ4n) is 6.02. The Labute approximate surface area is 227 Å². The highest BCUT2D eigenvalue weighted by atomic mass is 19.1. The average molecular weight is 543 g/mol. The van der Waals surface area contributed by atoms with E-state index < -0.39 is 22.9 Å². The molecule has 10 heteroatoms. The zero-order chi connectivity index (χ0) is 28.1. The van der Waals surface area contributed by atoms with E-state index in [2.05, 4.69) is 10.2 Å². The number of halogens is 1. The lowest BCUT2D eigenvalue weighted by Crippen LogP contribution is -2.47. The number of aromatic carboxylic acids is 1. The van der Waals surface area contributed by atoms with Gasteiger partial charge in [0, 0.05) is 32.2 Å². The molecule has 4 heterocycles. The Bertz CT molecular complexity index is 1340. The predicted molar refractivity (Wildman–Crippen MR) is 146 cm³/mol. The van der Waals surface area contributed by atoms with Crippen molar-refractivity contribution in [1.29, 1.82) is 0 Å². The SMILES string of the molecule is Cc1c(N2CCC(CNC3CCN(C(=O)OC(C)(C)C)CC3)C2)c(F)cn2c(=O)c(C(=O)O)cc(C3CC3)c12. The second-order valence-electron chi connectivity index (χ2n) is 12.3. The van der Waals surface area contributed by atoms with Gasteiger partial charge in [-0.15, -0.1) is 0 Å². The van der Waals surface area contributed by atoms with Gasteiger partial charge in [-0.25, -0.2) is 14.0 Å². The molecule has 0 spiro atoms. The van der Waals surface area contributed by atoms with E-state index in [9.17, 15) is 19.5 Å². The lowest BCUT2D eigenvalue weighted by atomic mass is 10.0. The van der Waals surface area contributed by atoms with Gasteiger partial charge in [0.2, 0.25) is 0 Å². The average Bonchev–Trinajstić information content (AvgIpc) is 3.60. The molecule has 1 amide bonds. The molecule has 0 bridgehead atoms. The van der Waals surface area contributed by atoms with Crippen molar-refractivity contribution in [2.24, 2.45) is 5.92 Å². The number of aryl methyl sites for hydroxylation is 1. The van der Waals surface area contributed by atoms with Crippen molar-refractivity contribution in [3.63, 3.8) is 0 Å². The number of amides is 1. The number of anilines is 1. The Morgan fingerprint density at radius 3 is 2.44 bits per heavy atom. The number of likely N-dealkylation sites (tertiary alicyclic amines) is 1. The standard InChI is InChI=1S/C29H39FN4O5/c1-17-24-21(19-5-6-19)13-22(27(36)37)26(35)34(24)16-23(30)25(17)33-10-7-18(15-33)14-31-20-8-11-32(12-9-20)28(38)39-29(2,3)4/h13,16,18-20,31H,5-12,14-15H2,1-4H3,(H,36,37). The van der Waals surface area contributed by atoms with Crippen LogP contribution in [0.5, 0.6) is 0 Å². The van der Waals surface area contributed by atoms with Crippen LogP contribution in [-0.2, 0) is 4.74 Å². The molecular weight excluding hydrogens is 503 g/mol. The van der Waals surface area contributed by atoms with Gasteiger partial charge in [0.05, 0.1) is 17.4 Å². The fraction of sp³-hybridized carbons (Fsp3) is 0.621.